The largest absolute Gasteiger partial charge is 0.573 e. The molecule has 0 atom stereocenters. The Hall–Kier alpha value is -2.37. The number of alkyl halides is 3. The predicted molar refractivity (Wildman–Crippen MR) is 65.5 cm³/mol. The molecule has 2 aromatic rings. The summed E-state index contributed by atoms with van der Waals surface area (Å²) < 4.78 is 40.8. The highest BCUT2D eigenvalue weighted by molar-refractivity contribution is 6.10. The highest BCUT2D eigenvalue weighted by Gasteiger charge is 2.32. The molecular weight excluding hydrogens is 271 g/mol. The molecule has 1 aromatic heterocycles. The highest BCUT2D eigenvalue weighted by atomic mass is 19.4. The van der Waals surface area contributed by atoms with Crippen LogP contribution in [-0.4, -0.2) is 17.1 Å². The van der Waals surface area contributed by atoms with Crippen molar-refractivity contribution in [2.45, 2.75) is 13.3 Å². The molecule has 0 spiro atoms. The Morgan fingerprint density at radius 1 is 1.20 bits per heavy atom. The second-order valence-electron chi connectivity index (χ2n) is 4.06. The fraction of sp³-hybridized carbons (Fsp3) is 0.143. The van der Waals surface area contributed by atoms with Gasteiger partial charge in [-0.15, -0.1) is 13.2 Å². The van der Waals surface area contributed by atoms with Gasteiger partial charge in [0.05, 0.1) is 5.56 Å². The summed E-state index contributed by atoms with van der Waals surface area (Å²) in [5, 5.41) is 0. The minimum absolute atomic E-state index is 0.143. The summed E-state index contributed by atoms with van der Waals surface area (Å²) in [6.45, 7) is 1.69. The molecule has 0 amide bonds. The van der Waals surface area contributed by atoms with Crippen molar-refractivity contribution in [3.63, 3.8) is 0 Å². The quantitative estimate of drug-likeness (QED) is 0.808. The standard InChI is InChI=1S/C14H10F3NO2/c1-9-8-10(6-7-18-9)13(19)11-4-2-3-5-12(11)20-14(15,16)17/h2-8H,1H3. The third-order valence-electron chi connectivity index (χ3n) is 2.52. The van der Waals surface area contributed by atoms with Crippen LogP contribution in [0.3, 0.4) is 0 Å². The number of rotatable bonds is 3. The lowest BCUT2D eigenvalue weighted by atomic mass is 10.0. The summed E-state index contributed by atoms with van der Waals surface area (Å²) >= 11 is 0. The van der Waals surface area contributed by atoms with Crippen molar-refractivity contribution in [2.24, 2.45) is 0 Å². The normalized spacial score (nSPS) is 11.2. The van der Waals surface area contributed by atoms with Gasteiger partial charge in [-0.25, -0.2) is 0 Å². The molecule has 20 heavy (non-hydrogen) atoms. The lowest BCUT2D eigenvalue weighted by molar-refractivity contribution is -0.274. The molecule has 0 fully saturated rings. The number of aryl methyl sites for hydroxylation is 1. The van der Waals surface area contributed by atoms with Gasteiger partial charge in [0.2, 0.25) is 0 Å². The highest BCUT2D eigenvalue weighted by Crippen LogP contribution is 2.27. The number of pyridine rings is 1. The molecule has 1 heterocycles. The third kappa shape index (κ3) is 3.34. The molecule has 0 aliphatic rings. The SMILES string of the molecule is Cc1cc(C(=O)c2ccccc2OC(F)(F)F)ccn1. The van der Waals surface area contributed by atoms with Crippen molar-refractivity contribution in [2.75, 3.05) is 0 Å². The minimum atomic E-state index is -4.84. The van der Waals surface area contributed by atoms with Gasteiger partial charge in [-0.05, 0) is 31.2 Å². The van der Waals surface area contributed by atoms with Crippen molar-refractivity contribution in [3.8, 4) is 5.75 Å². The number of nitrogens with zero attached hydrogens (tertiary/aromatic N) is 1. The molecule has 0 aliphatic carbocycles. The molecule has 0 radical (unpaired) electrons. The summed E-state index contributed by atoms with van der Waals surface area (Å²) in [7, 11) is 0. The number of aromatic nitrogens is 1. The van der Waals surface area contributed by atoms with Crippen molar-refractivity contribution in [1.82, 2.24) is 4.98 Å². The first-order valence-electron chi connectivity index (χ1n) is 5.69. The molecular formula is C14H10F3NO2. The topological polar surface area (TPSA) is 39.2 Å². The van der Waals surface area contributed by atoms with Crippen LogP contribution in [0.4, 0.5) is 13.2 Å². The Morgan fingerprint density at radius 2 is 1.90 bits per heavy atom. The summed E-state index contributed by atoms with van der Waals surface area (Å²) in [4.78, 5) is 16.2. The van der Waals surface area contributed by atoms with Gasteiger partial charge in [0.1, 0.15) is 5.75 Å². The number of carbonyl (C=O) groups is 1. The van der Waals surface area contributed by atoms with E-state index in [9.17, 15) is 18.0 Å². The molecule has 2 rings (SSSR count). The lowest BCUT2D eigenvalue weighted by Crippen LogP contribution is -2.19. The van der Waals surface area contributed by atoms with Crippen molar-refractivity contribution >= 4 is 5.78 Å². The Bertz CT molecular complexity index is 638. The van der Waals surface area contributed by atoms with E-state index in [1.165, 1.54) is 36.5 Å². The van der Waals surface area contributed by atoms with Crippen LogP contribution >= 0.6 is 0 Å². The van der Waals surface area contributed by atoms with Crippen LogP contribution in [0.5, 0.6) is 5.75 Å². The van der Waals surface area contributed by atoms with Crippen molar-refractivity contribution in [1.29, 1.82) is 0 Å². The first kappa shape index (κ1) is 14.0. The van der Waals surface area contributed by atoms with E-state index in [4.69, 9.17) is 0 Å². The number of carbonyl (C=O) groups excluding carboxylic acids is 1. The summed E-state index contributed by atoms with van der Waals surface area (Å²) in [5.74, 6) is -1.06. The van der Waals surface area contributed by atoms with E-state index in [0.29, 0.717) is 5.69 Å². The van der Waals surface area contributed by atoms with E-state index in [1.54, 1.807) is 6.92 Å². The Labute approximate surface area is 113 Å². The van der Waals surface area contributed by atoms with E-state index in [1.807, 2.05) is 0 Å². The van der Waals surface area contributed by atoms with Crippen molar-refractivity contribution in [3.05, 3.63) is 59.4 Å². The van der Waals surface area contributed by atoms with Gasteiger partial charge in [-0.1, -0.05) is 12.1 Å². The maximum atomic E-state index is 12.3. The lowest BCUT2D eigenvalue weighted by Gasteiger charge is -2.12. The van der Waals surface area contributed by atoms with E-state index in [-0.39, 0.29) is 11.1 Å². The average Bonchev–Trinajstić information content (AvgIpc) is 2.37. The molecule has 0 unspecified atom stereocenters. The second-order valence-corrected chi connectivity index (χ2v) is 4.06. The van der Waals surface area contributed by atoms with E-state index < -0.39 is 17.9 Å². The average molecular weight is 281 g/mol. The molecule has 0 saturated carbocycles. The van der Waals surface area contributed by atoms with Gasteiger partial charge in [-0.3, -0.25) is 9.78 Å². The van der Waals surface area contributed by atoms with Crippen LogP contribution in [0.1, 0.15) is 21.6 Å². The van der Waals surface area contributed by atoms with Gasteiger partial charge >= 0.3 is 6.36 Å². The Kier molecular flexibility index (Phi) is 3.74. The fourth-order valence-corrected chi connectivity index (χ4v) is 1.71. The Balaban J connectivity index is 2.40. The zero-order valence-corrected chi connectivity index (χ0v) is 10.4. The summed E-state index contributed by atoms with van der Waals surface area (Å²) in [5.41, 5.74) is 0.719. The molecule has 6 heteroatoms. The number of benzene rings is 1. The van der Waals surface area contributed by atoms with Gasteiger partial charge in [-0.2, -0.15) is 0 Å². The van der Waals surface area contributed by atoms with Crippen LogP contribution in [-0.2, 0) is 0 Å². The fourth-order valence-electron chi connectivity index (χ4n) is 1.71. The van der Waals surface area contributed by atoms with Crippen LogP contribution < -0.4 is 4.74 Å². The molecule has 104 valence electrons. The van der Waals surface area contributed by atoms with E-state index in [2.05, 4.69) is 9.72 Å². The molecule has 0 saturated heterocycles. The van der Waals surface area contributed by atoms with Gasteiger partial charge in [0.15, 0.2) is 5.78 Å². The summed E-state index contributed by atoms with van der Waals surface area (Å²) in [6.07, 6.45) is -3.42. The number of halogens is 3. The van der Waals surface area contributed by atoms with Gasteiger partial charge in [0, 0.05) is 17.5 Å². The Morgan fingerprint density at radius 3 is 2.55 bits per heavy atom. The minimum Gasteiger partial charge on any atom is -0.405 e. The molecule has 0 aliphatic heterocycles. The maximum absolute atomic E-state index is 12.3. The first-order valence-corrected chi connectivity index (χ1v) is 5.69. The van der Waals surface area contributed by atoms with Crippen LogP contribution in [0.2, 0.25) is 0 Å². The number of para-hydroxylation sites is 1. The zero-order valence-electron chi connectivity index (χ0n) is 10.4. The number of ketones is 1. The van der Waals surface area contributed by atoms with Crippen LogP contribution in [0, 0.1) is 6.92 Å². The van der Waals surface area contributed by atoms with Gasteiger partial charge < -0.3 is 4.74 Å². The van der Waals surface area contributed by atoms with Crippen LogP contribution in [0.25, 0.3) is 0 Å². The second kappa shape index (κ2) is 5.32. The van der Waals surface area contributed by atoms with Gasteiger partial charge in [0.25, 0.3) is 0 Å². The smallest absolute Gasteiger partial charge is 0.405 e. The zero-order chi connectivity index (χ0) is 14.8. The number of ether oxygens (including phenoxy) is 1. The van der Waals surface area contributed by atoms with E-state index >= 15 is 0 Å². The molecule has 0 bridgehead atoms. The van der Waals surface area contributed by atoms with Crippen LogP contribution in [0.15, 0.2) is 42.6 Å². The first-order chi connectivity index (χ1) is 9.37. The van der Waals surface area contributed by atoms with E-state index in [0.717, 1.165) is 6.07 Å². The molecule has 3 nitrogen and oxygen atoms in total. The summed E-state index contributed by atoms with van der Waals surface area (Å²) in [6, 6.07) is 8.19. The monoisotopic (exact) mass is 281 g/mol. The third-order valence-corrected chi connectivity index (χ3v) is 2.52. The number of hydrogen-bond donors (Lipinski definition) is 0. The van der Waals surface area contributed by atoms with Crippen molar-refractivity contribution < 1.29 is 22.7 Å². The molecule has 0 N–H and O–H groups in total. The number of hydrogen-bond acceptors (Lipinski definition) is 3. The molecule has 1 aromatic carbocycles. The maximum Gasteiger partial charge on any atom is 0.573 e. The predicted octanol–water partition coefficient (Wildman–Crippen LogP) is 3.52.